The number of hydrogen-bond acceptors (Lipinski definition) is 4. The second-order valence-electron chi connectivity index (χ2n) is 5.79. The number of aryl methyl sites for hydroxylation is 1. The maximum atomic E-state index is 12.3. The van der Waals surface area contributed by atoms with E-state index in [2.05, 4.69) is 4.40 Å². The number of Topliss-reactive ketones (excluding diaryl/α,β-unsaturated/α-hetero) is 1. The number of ketones is 1. The zero-order valence-electron chi connectivity index (χ0n) is 13.1. The van der Waals surface area contributed by atoms with Gasteiger partial charge in [-0.1, -0.05) is 6.07 Å². The van der Waals surface area contributed by atoms with Gasteiger partial charge in [-0.3, -0.25) is 9.59 Å². The average molecular weight is 337 g/mol. The molecule has 6 heteroatoms. The summed E-state index contributed by atoms with van der Waals surface area (Å²) < 4.78 is 7.24. The van der Waals surface area contributed by atoms with Crippen LogP contribution in [0.15, 0.2) is 24.4 Å². The Morgan fingerprint density at radius 2 is 2.17 bits per heavy atom. The topological polar surface area (TPSA) is 73.8 Å². The molecule has 0 amide bonds. The van der Waals surface area contributed by atoms with E-state index in [0.29, 0.717) is 6.61 Å². The zero-order chi connectivity index (χ0) is 15.7. The molecule has 2 aromatic heterocycles. The number of hydrogen-bond donors (Lipinski definition) is 1. The van der Waals surface area contributed by atoms with E-state index >= 15 is 0 Å². The molecule has 1 atom stereocenters. The molecule has 0 aliphatic heterocycles. The number of fused-ring (bicyclic) bond motifs is 3. The third-order valence-corrected chi connectivity index (χ3v) is 4.33. The molecule has 23 heavy (non-hydrogen) atoms. The Balaban J connectivity index is 0.00000192. The first-order chi connectivity index (χ1) is 10.6. The minimum absolute atomic E-state index is 0. The van der Waals surface area contributed by atoms with Gasteiger partial charge < -0.3 is 14.9 Å². The third-order valence-electron chi connectivity index (χ3n) is 4.33. The Hall–Kier alpha value is -1.85. The number of halogens is 1. The summed E-state index contributed by atoms with van der Waals surface area (Å²) in [5.41, 5.74) is 9.52. The van der Waals surface area contributed by atoms with Crippen LogP contribution in [0.1, 0.15) is 35.0 Å². The van der Waals surface area contributed by atoms with Crippen LogP contribution in [0.4, 0.5) is 0 Å². The summed E-state index contributed by atoms with van der Waals surface area (Å²) in [6.45, 7) is 1.84. The van der Waals surface area contributed by atoms with Crippen molar-refractivity contribution in [3.63, 3.8) is 0 Å². The van der Waals surface area contributed by atoms with Crippen LogP contribution in [0.5, 0.6) is 0 Å². The molecular formula is C17H21ClN2O3. The largest absolute Gasteiger partial charge is 0.466 e. The lowest BCUT2D eigenvalue weighted by Gasteiger charge is -2.23. The molecule has 0 saturated heterocycles. The van der Waals surface area contributed by atoms with Gasteiger partial charge in [-0.2, -0.15) is 0 Å². The van der Waals surface area contributed by atoms with Crippen molar-refractivity contribution < 1.29 is 14.3 Å². The number of pyridine rings is 1. The van der Waals surface area contributed by atoms with Crippen molar-refractivity contribution in [2.45, 2.75) is 26.2 Å². The normalized spacial score (nSPS) is 16.5. The van der Waals surface area contributed by atoms with Crippen molar-refractivity contribution >= 4 is 29.7 Å². The highest BCUT2D eigenvalue weighted by Gasteiger charge is 2.28. The number of nitrogens with zero attached hydrogens (tertiary/aromatic N) is 1. The molecule has 0 spiro atoms. The molecule has 0 fully saturated rings. The van der Waals surface area contributed by atoms with E-state index < -0.39 is 0 Å². The van der Waals surface area contributed by atoms with Gasteiger partial charge in [0, 0.05) is 24.4 Å². The molecule has 2 aromatic rings. The Kier molecular flexibility index (Phi) is 5.44. The fourth-order valence-corrected chi connectivity index (χ4v) is 3.34. The van der Waals surface area contributed by atoms with Crippen molar-refractivity contribution in [3.8, 4) is 0 Å². The predicted molar refractivity (Wildman–Crippen MR) is 90.2 cm³/mol. The Morgan fingerprint density at radius 1 is 1.39 bits per heavy atom. The Labute approximate surface area is 141 Å². The van der Waals surface area contributed by atoms with Crippen LogP contribution in [-0.4, -0.2) is 29.3 Å². The number of nitrogens with two attached hydrogens (primary N) is 1. The van der Waals surface area contributed by atoms with Gasteiger partial charge in [0.05, 0.1) is 18.7 Å². The lowest BCUT2D eigenvalue weighted by atomic mass is 9.85. The van der Waals surface area contributed by atoms with Gasteiger partial charge in [0.1, 0.15) is 0 Å². The maximum absolute atomic E-state index is 12.3. The average Bonchev–Trinajstić information content (AvgIpc) is 2.86. The zero-order valence-corrected chi connectivity index (χ0v) is 13.9. The van der Waals surface area contributed by atoms with Gasteiger partial charge in [-0.25, -0.2) is 0 Å². The van der Waals surface area contributed by atoms with E-state index in [4.69, 9.17) is 10.5 Å². The van der Waals surface area contributed by atoms with Gasteiger partial charge in [0.2, 0.25) is 0 Å². The van der Waals surface area contributed by atoms with Crippen molar-refractivity contribution in [1.82, 2.24) is 4.40 Å². The summed E-state index contributed by atoms with van der Waals surface area (Å²) >= 11 is 0. The summed E-state index contributed by atoms with van der Waals surface area (Å²) in [6, 6.07) is 5.86. The van der Waals surface area contributed by atoms with E-state index in [1.165, 1.54) is 12.6 Å². The minimum atomic E-state index is -0.258. The van der Waals surface area contributed by atoms with Gasteiger partial charge in [0.25, 0.3) is 0 Å². The summed E-state index contributed by atoms with van der Waals surface area (Å²) in [5, 5.41) is 0. The number of ether oxygens (including phenoxy) is 1. The van der Waals surface area contributed by atoms with Crippen LogP contribution in [0, 0.1) is 5.92 Å². The van der Waals surface area contributed by atoms with Crippen molar-refractivity contribution in [1.29, 1.82) is 0 Å². The van der Waals surface area contributed by atoms with Crippen LogP contribution in [0.25, 0.3) is 5.52 Å². The van der Waals surface area contributed by atoms with E-state index in [1.807, 2.05) is 24.4 Å². The van der Waals surface area contributed by atoms with Crippen molar-refractivity contribution in [2.24, 2.45) is 11.7 Å². The molecule has 1 unspecified atom stereocenters. The fraction of sp³-hybridized carbons (Fsp3) is 0.412. The summed E-state index contributed by atoms with van der Waals surface area (Å²) in [4.78, 5) is 23.3. The van der Waals surface area contributed by atoms with Crippen molar-refractivity contribution in [2.75, 3.05) is 13.2 Å². The second kappa shape index (κ2) is 7.15. The third kappa shape index (κ3) is 3.26. The van der Waals surface area contributed by atoms with Crippen LogP contribution in [-0.2, 0) is 22.4 Å². The van der Waals surface area contributed by atoms with E-state index in [0.717, 1.165) is 35.9 Å². The summed E-state index contributed by atoms with van der Waals surface area (Å²) in [7, 11) is 0. The highest BCUT2D eigenvalue weighted by molar-refractivity contribution is 6.05. The molecule has 2 N–H and O–H groups in total. The van der Waals surface area contributed by atoms with Gasteiger partial charge >= 0.3 is 5.97 Å². The first-order valence-corrected chi connectivity index (χ1v) is 7.59. The maximum Gasteiger partial charge on any atom is 0.302 e. The second-order valence-corrected chi connectivity index (χ2v) is 5.79. The van der Waals surface area contributed by atoms with E-state index in [1.54, 1.807) is 0 Å². The first-order valence-electron chi connectivity index (χ1n) is 7.59. The monoisotopic (exact) mass is 336 g/mol. The molecule has 1 aliphatic rings. The predicted octanol–water partition coefficient (Wildman–Crippen LogP) is 2.17. The van der Waals surface area contributed by atoms with Crippen LogP contribution in [0.2, 0.25) is 0 Å². The number of carbonyl (C=O) groups is 2. The molecule has 1 aliphatic carbocycles. The molecule has 2 heterocycles. The van der Waals surface area contributed by atoms with Crippen LogP contribution in [0.3, 0.4) is 0 Å². The Bertz CT molecular complexity index is 739. The molecule has 3 rings (SSSR count). The molecule has 0 aromatic carbocycles. The standard InChI is InChI=1S/C17H20N2O3.ClH/c1-11(20)22-10-12-5-6-14-13(8-12)17(16(21)9-18)15-4-2-3-7-19(14)15;/h2-4,7,12H,5-6,8-10,18H2,1H3;1H. The van der Waals surface area contributed by atoms with E-state index in [-0.39, 0.29) is 36.6 Å². The van der Waals surface area contributed by atoms with E-state index in [9.17, 15) is 9.59 Å². The number of rotatable bonds is 4. The minimum Gasteiger partial charge on any atom is -0.466 e. The van der Waals surface area contributed by atoms with Crippen LogP contribution >= 0.6 is 12.4 Å². The highest BCUT2D eigenvalue weighted by Crippen LogP contribution is 2.33. The molecular weight excluding hydrogens is 316 g/mol. The molecule has 0 radical (unpaired) electrons. The summed E-state index contributed by atoms with van der Waals surface area (Å²) in [6.07, 6.45) is 4.58. The Morgan fingerprint density at radius 3 is 2.87 bits per heavy atom. The molecule has 0 saturated carbocycles. The number of carbonyl (C=O) groups excluding carboxylic acids is 2. The van der Waals surface area contributed by atoms with Crippen molar-refractivity contribution in [3.05, 3.63) is 41.2 Å². The number of aromatic nitrogens is 1. The summed E-state index contributed by atoms with van der Waals surface area (Å²) in [5.74, 6) is -0.0256. The number of esters is 1. The quantitative estimate of drug-likeness (QED) is 0.686. The molecule has 0 bridgehead atoms. The lowest BCUT2D eigenvalue weighted by Crippen LogP contribution is -2.22. The first kappa shape index (κ1) is 17.5. The fourth-order valence-electron chi connectivity index (χ4n) is 3.34. The smallest absolute Gasteiger partial charge is 0.302 e. The molecule has 5 nitrogen and oxygen atoms in total. The van der Waals surface area contributed by atoms with Gasteiger partial charge in [0.15, 0.2) is 5.78 Å². The van der Waals surface area contributed by atoms with Gasteiger partial charge in [-0.05, 0) is 42.9 Å². The van der Waals surface area contributed by atoms with Crippen LogP contribution < -0.4 is 5.73 Å². The SMILES string of the molecule is CC(=O)OCC1CCc2c(c(C(=O)CN)c3ccccn23)C1.Cl. The highest BCUT2D eigenvalue weighted by atomic mass is 35.5. The van der Waals surface area contributed by atoms with Gasteiger partial charge in [-0.15, -0.1) is 12.4 Å². The lowest BCUT2D eigenvalue weighted by molar-refractivity contribution is -0.142. The molecule has 124 valence electrons.